The minimum atomic E-state index is -2.83. The largest absolute Gasteiger partial charge is 0.435 e. The lowest BCUT2D eigenvalue weighted by Gasteiger charge is -2.18. The highest BCUT2D eigenvalue weighted by atomic mass is 35.5. The molecular weight excluding hydrogens is 342 g/mol. The summed E-state index contributed by atoms with van der Waals surface area (Å²) in [6.45, 7) is -0.691. The Kier molecular flexibility index (Phi) is 8.95. The molecule has 1 aliphatic heterocycles. The highest BCUT2D eigenvalue weighted by Crippen LogP contribution is 2.15. The number of ether oxygens (including phenoxy) is 2. The van der Waals surface area contributed by atoms with Gasteiger partial charge in [0.15, 0.2) is 0 Å². The van der Waals surface area contributed by atoms with Gasteiger partial charge < -0.3 is 19.7 Å². The molecule has 0 saturated carbocycles. The molecule has 5 nitrogen and oxygen atoms in total. The van der Waals surface area contributed by atoms with E-state index in [4.69, 9.17) is 4.74 Å². The lowest BCUT2D eigenvalue weighted by molar-refractivity contribution is -0.129. The number of carbonyl (C=O) groups excluding carboxylic acids is 1. The third kappa shape index (κ3) is 6.98. The van der Waals surface area contributed by atoms with Crippen molar-refractivity contribution < 1.29 is 23.0 Å². The van der Waals surface area contributed by atoms with E-state index in [0.29, 0.717) is 13.1 Å². The van der Waals surface area contributed by atoms with Crippen molar-refractivity contribution in [2.24, 2.45) is 0 Å². The van der Waals surface area contributed by atoms with Gasteiger partial charge in [-0.1, -0.05) is 12.1 Å². The average Bonchev–Trinajstić information content (AvgIpc) is 3.02. The van der Waals surface area contributed by atoms with E-state index < -0.39 is 6.61 Å². The molecule has 1 unspecified atom stereocenters. The van der Waals surface area contributed by atoms with Gasteiger partial charge >= 0.3 is 6.61 Å². The van der Waals surface area contributed by atoms with E-state index in [1.807, 2.05) is 0 Å². The maximum atomic E-state index is 12.1. The van der Waals surface area contributed by atoms with Crippen molar-refractivity contribution in [1.29, 1.82) is 0 Å². The molecule has 8 heteroatoms. The number of rotatable bonds is 8. The zero-order chi connectivity index (χ0) is 16.7. The summed E-state index contributed by atoms with van der Waals surface area (Å²) >= 11 is 0. The van der Waals surface area contributed by atoms with E-state index in [-0.39, 0.29) is 36.7 Å². The van der Waals surface area contributed by atoms with Crippen LogP contribution in [-0.2, 0) is 16.1 Å². The van der Waals surface area contributed by atoms with Crippen LogP contribution in [0.15, 0.2) is 24.3 Å². The predicted molar refractivity (Wildman–Crippen MR) is 88.6 cm³/mol. The average molecular weight is 365 g/mol. The van der Waals surface area contributed by atoms with E-state index in [1.165, 1.54) is 12.1 Å². The maximum Gasteiger partial charge on any atom is 0.387 e. The smallest absolute Gasteiger partial charge is 0.387 e. The van der Waals surface area contributed by atoms with E-state index in [0.717, 1.165) is 25.0 Å². The molecule has 1 aromatic rings. The molecule has 1 aromatic carbocycles. The Balaban J connectivity index is 0.00000288. The number of benzene rings is 1. The number of halogens is 3. The fourth-order valence-electron chi connectivity index (χ4n) is 2.42. The van der Waals surface area contributed by atoms with Crippen LogP contribution in [0.5, 0.6) is 5.75 Å². The van der Waals surface area contributed by atoms with Crippen molar-refractivity contribution in [2.45, 2.75) is 32.1 Å². The highest BCUT2D eigenvalue weighted by molar-refractivity contribution is 5.85. The van der Waals surface area contributed by atoms with Gasteiger partial charge in [0, 0.05) is 26.7 Å². The van der Waals surface area contributed by atoms with Gasteiger partial charge in [-0.25, -0.2) is 0 Å². The van der Waals surface area contributed by atoms with E-state index in [9.17, 15) is 13.6 Å². The van der Waals surface area contributed by atoms with Crippen molar-refractivity contribution in [1.82, 2.24) is 10.2 Å². The van der Waals surface area contributed by atoms with Gasteiger partial charge in [0.05, 0.1) is 12.6 Å². The lowest BCUT2D eigenvalue weighted by Crippen LogP contribution is -2.38. The summed E-state index contributed by atoms with van der Waals surface area (Å²) in [5, 5.41) is 3.10. The lowest BCUT2D eigenvalue weighted by atomic mass is 10.2. The molecule has 2 rings (SSSR count). The molecule has 1 amide bonds. The Morgan fingerprint density at radius 3 is 2.71 bits per heavy atom. The predicted octanol–water partition coefficient (Wildman–Crippen LogP) is 2.44. The Hall–Kier alpha value is -1.44. The normalized spacial score (nSPS) is 16.8. The molecule has 0 spiro atoms. The van der Waals surface area contributed by atoms with Crippen molar-refractivity contribution in [3.8, 4) is 5.75 Å². The van der Waals surface area contributed by atoms with Crippen molar-refractivity contribution in [2.75, 3.05) is 26.7 Å². The molecule has 1 heterocycles. The Morgan fingerprint density at radius 2 is 2.12 bits per heavy atom. The van der Waals surface area contributed by atoms with Crippen molar-refractivity contribution >= 4 is 18.3 Å². The number of nitrogens with zero attached hydrogens (tertiary/aromatic N) is 1. The summed E-state index contributed by atoms with van der Waals surface area (Å²) in [6.07, 6.45) is 2.31. The second-order valence-electron chi connectivity index (χ2n) is 5.54. The standard InChI is InChI=1S/C16H22F2N2O3.ClH/c1-20(15(21)10-19-9-14-3-2-8-22-14)11-12-4-6-13(7-5-12)23-16(17)18;/h4-7,14,16,19H,2-3,8-11H2,1H3;1H. The Morgan fingerprint density at radius 1 is 1.42 bits per heavy atom. The van der Waals surface area contributed by atoms with Crippen LogP contribution in [0.3, 0.4) is 0 Å². The second kappa shape index (κ2) is 10.4. The molecule has 1 atom stereocenters. The number of carbonyl (C=O) groups is 1. The maximum absolute atomic E-state index is 12.1. The number of hydrogen-bond acceptors (Lipinski definition) is 4. The van der Waals surface area contributed by atoms with Crippen LogP contribution in [0, 0.1) is 0 Å². The summed E-state index contributed by atoms with van der Waals surface area (Å²) in [5.41, 5.74) is 0.849. The first-order valence-corrected chi connectivity index (χ1v) is 7.64. The van der Waals surface area contributed by atoms with Crippen LogP contribution in [0.4, 0.5) is 8.78 Å². The first-order valence-electron chi connectivity index (χ1n) is 7.64. The summed E-state index contributed by atoms with van der Waals surface area (Å²) < 4.78 is 33.9. The van der Waals surface area contributed by atoms with Gasteiger partial charge in [0.2, 0.25) is 5.91 Å². The molecule has 136 valence electrons. The quantitative estimate of drug-likeness (QED) is 0.769. The number of nitrogens with one attached hydrogen (secondary N) is 1. The molecule has 1 fully saturated rings. The van der Waals surface area contributed by atoms with Crippen LogP contribution in [0.2, 0.25) is 0 Å². The second-order valence-corrected chi connectivity index (χ2v) is 5.54. The summed E-state index contributed by atoms with van der Waals surface area (Å²) in [7, 11) is 1.71. The minimum absolute atomic E-state index is 0. The number of hydrogen-bond donors (Lipinski definition) is 1. The van der Waals surface area contributed by atoms with Gasteiger partial charge in [0.1, 0.15) is 5.75 Å². The van der Waals surface area contributed by atoms with Crippen LogP contribution in [0.25, 0.3) is 0 Å². The number of amides is 1. The van der Waals surface area contributed by atoms with Gasteiger partial charge in [-0.2, -0.15) is 8.78 Å². The molecule has 0 aliphatic carbocycles. The third-order valence-electron chi connectivity index (χ3n) is 3.67. The van der Waals surface area contributed by atoms with E-state index >= 15 is 0 Å². The number of alkyl halides is 2. The monoisotopic (exact) mass is 364 g/mol. The fourth-order valence-corrected chi connectivity index (χ4v) is 2.42. The van der Waals surface area contributed by atoms with Gasteiger partial charge in [-0.15, -0.1) is 12.4 Å². The SMILES string of the molecule is CN(Cc1ccc(OC(F)F)cc1)C(=O)CNCC1CCCO1.Cl. The van der Waals surface area contributed by atoms with Crippen LogP contribution in [-0.4, -0.2) is 50.3 Å². The summed E-state index contributed by atoms with van der Waals surface area (Å²) in [6, 6.07) is 6.27. The van der Waals surface area contributed by atoms with Crippen molar-refractivity contribution in [3.63, 3.8) is 0 Å². The van der Waals surface area contributed by atoms with Crippen LogP contribution >= 0.6 is 12.4 Å². The minimum Gasteiger partial charge on any atom is -0.435 e. The molecule has 0 radical (unpaired) electrons. The van der Waals surface area contributed by atoms with Gasteiger partial charge in [-0.05, 0) is 30.5 Å². The van der Waals surface area contributed by atoms with Crippen molar-refractivity contribution in [3.05, 3.63) is 29.8 Å². The summed E-state index contributed by atoms with van der Waals surface area (Å²) in [4.78, 5) is 13.6. The van der Waals surface area contributed by atoms with Gasteiger partial charge in [0.25, 0.3) is 0 Å². The Bertz CT molecular complexity index is 497. The summed E-state index contributed by atoms with van der Waals surface area (Å²) in [5.74, 6) is 0.0758. The molecular formula is C16H23ClF2N2O3. The zero-order valence-electron chi connectivity index (χ0n) is 13.5. The topological polar surface area (TPSA) is 50.8 Å². The zero-order valence-corrected chi connectivity index (χ0v) is 14.4. The Labute approximate surface area is 146 Å². The molecule has 0 aromatic heterocycles. The van der Waals surface area contributed by atoms with Crippen LogP contribution < -0.4 is 10.1 Å². The molecule has 0 bridgehead atoms. The first-order chi connectivity index (χ1) is 11.0. The molecule has 1 aliphatic rings. The molecule has 1 saturated heterocycles. The van der Waals surface area contributed by atoms with E-state index in [1.54, 1.807) is 24.1 Å². The van der Waals surface area contributed by atoms with E-state index in [2.05, 4.69) is 10.1 Å². The first kappa shape index (κ1) is 20.6. The number of likely N-dealkylation sites (N-methyl/N-ethyl adjacent to an activating group) is 1. The molecule has 24 heavy (non-hydrogen) atoms. The van der Waals surface area contributed by atoms with Gasteiger partial charge in [-0.3, -0.25) is 4.79 Å². The fraction of sp³-hybridized carbons (Fsp3) is 0.562. The molecule has 1 N–H and O–H groups in total. The third-order valence-corrected chi connectivity index (χ3v) is 3.67. The van der Waals surface area contributed by atoms with Crippen LogP contribution in [0.1, 0.15) is 18.4 Å². The highest BCUT2D eigenvalue weighted by Gasteiger charge is 2.16.